The van der Waals surface area contributed by atoms with E-state index in [-0.39, 0.29) is 18.6 Å². The quantitative estimate of drug-likeness (QED) is 0.745. The molecule has 7 nitrogen and oxygen atoms in total. The summed E-state index contributed by atoms with van der Waals surface area (Å²) in [6.45, 7) is 6.67. The number of amides is 4. The van der Waals surface area contributed by atoms with E-state index in [0.29, 0.717) is 24.6 Å². The monoisotopic (exact) mass is 373 g/mol. The van der Waals surface area contributed by atoms with Crippen LogP contribution in [0.2, 0.25) is 0 Å². The van der Waals surface area contributed by atoms with Gasteiger partial charge in [0.1, 0.15) is 12.1 Å². The smallest absolute Gasteiger partial charge is 0.325 e. The van der Waals surface area contributed by atoms with Gasteiger partial charge in [-0.25, -0.2) is 4.79 Å². The molecule has 0 bridgehead atoms. The lowest BCUT2D eigenvalue weighted by atomic mass is 9.90. The van der Waals surface area contributed by atoms with Crippen LogP contribution in [0.4, 0.5) is 4.79 Å². The molecule has 3 rings (SSSR count). The normalized spacial score (nSPS) is 25.2. The van der Waals surface area contributed by atoms with Crippen molar-refractivity contribution >= 4 is 17.8 Å². The largest absolute Gasteiger partial charge is 0.376 e. The van der Waals surface area contributed by atoms with E-state index in [9.17, 15) is 14.4 Å². The summed E-state index contributed by atoms with van der Waals surface area (Å²) in [7, 11) is 0. The molecule has 1 aromatic carbocycles. The first-order valence-corrected chi connectivity index (χ1v) is 9.44. The van der Waals surface area contributed by atoms with Crippen LogP contribution in [0.25, 0.3) is 0 Å². The Labute approximate surface area is 159 Å². The highest BCUT2D eigenvalue weighted by molar-refractivity contribution is 6.09. The lowest BCUT2D eigenvalue weighted by molar-refractivity contribution is -0.134. The Bertz CT molecular complexity index is 725. The van der Waals surface area contributed by atoms with E-state index in [2.05, 4.69) is 24.5 Å². The van der Waals surface area contributed by atoms with Gasteiger partial charge < -0.3 is 15.4 Å². The average molecular weight is 373 g/mol. The zero-order valence-corrected chi connectivity index (χ0v) is 16.1. The molecule has 0 aromatic heterocycles. The third-order valence-electron chi connectivity index (χ3n) is 5.28. The third-order valence-corrected chi connectivity index (χ3v) is 5.28. The predicted octanol–water partition coefficient (Wildman–Crippen LogP) is 1.87. The van der Waals surface area contributed by atoms with Crippen molar-refractivity contribution in [2.75, 3.05) is 19.7 Å². The lowest BCUT2D eigenvalue weighted by Crippen LogP contribution is -2.44. The molecular weight excluding hydrogens is 346 g/mol. The van der Waals surface area contributed by atoms with E-state index in [1.807, 2.05) is 24.3 Å². The maximum atomic E-state index is 12.9. The van der Waals surface area contributed by atoms with Crippen LogP contribution in [0.3, 0.4) is 0 Å². The van der Waals surface area contributed by atoms with Gasteiger partial charge >= 0.3 is 6.03 Å². The maximum absolute atomic E-state index is 12.9. The Balaban J connectivity index is 1.65. The van der Waals surface area contributed by atoms with E-state index in [4.69, 9.17) is 4.74 Å². The molecule has 0 radical (unpaired) electrons. The van der Waals surface area contributed by atoms with E-state index < -0.39 is 17.5 Å². The number of rotatable bonds is 6. The number of hydrogen-bond acceptors (Lipinski definition) is 4. The number of benzene rings is 1. The van der Waals surface area contributed by atoms with Gasteiger partial charge in [-0.1, -0.05) is 38.1 Å². The molecule has 0 saturated carbocycles. The summed E-state index contributed by atoms with van der Waals surface area (Å²) < 4.78 is 5.46. The van der Waals surface area contributed by atoms with Gasteiger partial charge in [0.2, 0.25) is 5.91 Å². The van der Waals surface area contributed by atoms with E-state index >= 15 is 0 Å². The maximum Gasteiger partial charge on any atom is 0.325 e. The molecule has 2 saturated heterocycles. The van der Waals surface area contributed by atoms with Gasteiger partial charge in [-0.3, -0.25) is 14.5 Å². The number of carbonyl (C=O) groups is 3. The van der Waals surface area contributed by atoms with Crippen molar-refractivity contribution in [3.63, 3.8) is 0 Å². The second-order valence-electron chi connectivity index (χ2n) is 7.66. The summed E-state index contributed by atoms with van der Waals surface area (Å²) in [6, 6.07) is 7.08. The van der Waals surface area contributed by atoms with Crippen molar-refractivity contribution in [2.24, 2.45) is 0 Å². The number of hydrogen-bond donors (Lipinski definition) is 2. The lowest BCUT2D eigenvalue weighted by Gasteiger charge is -2.23. The number of nitrogens with zero attached hydrogens (tertiary/aromatic N) is 1. The molecule has 7 heteroatoms. The van der Waals surface area contributed by atoms with Crippen LogP contribution < -0.4 is 10.6 Å². The number of ether oxygens (including phenoxy) is 1. The minimum Gasteiger partial charge on any atom is -0.376 e. The van der Waals surface area contributed by atoms with Crippen LogP contribution in [0.1, 0.15) is 50.7 Å². The minimum absolute atomic E-state index is 0.0155. The van der Waals surface area contributed by atoms with Gasteiger partial charge in [0.25, 0.3) is 5.91 Å². The second kappa shape index (κ2) is 7.68. The molecule has 2 aliphatic rings. The van der Waals surface area contributed by atoms with Crippen molar-refractivity contribution in [1.82, 2.24) is 15.5 Å². The van der Waals surface area contributed by atoms with E-state index in [1.165, 1.54) is 0 Å². The fourth-order valence-electron chi connectivity index (χ4n) is 3.47. The molecule has 0 aliphatic carbocycles. The third kappa shape index (κ3) is 3.98. The molecule has 2 atom stereocenters. The molecule has 2 heterocycles. The number of nitrogens with one attached hydrogen (secondary N) is 2. The van der Waals surface area contributed by atoms with Crippen molar-refractivity contribution in [1.29, 1.82) is 0 Å². The van der Waals surface area contributed by atoms with Gasteiger partial charge in [0.05, 0.1) is 6.10 Å². The molecule has 4 amide bonds. The molecule has 27 heavy (non-hydrogen) atoms. The van der Waals surface area contributed by atoms with Crippen LogP contribution >= 0.6 is 0 Å². The Hall–Kier alpha value is -2.41. The van der Waals surface area contributed by atoms with Gasteiger partial charge in [0.15, 0.2) is 0 Å². The molecular formula is C20H27N3O4. The highest BCUT2D eigenvalue weighted by atomic mass is 16.5. The molecule has 2 aliphatic heterocycles. The fourth-order valence-corrected chi connectivity index (χ4v) is 3.47. The highest BCUT2D eigenvalue weighted by Gasteiger charge is 2.49. The SMILES string of the molecule is CC(C)c1ccc(C2(C)NC(=O)N(CC(=O)NCC3CCCO3)C2=O)cc1. The number of carbonyl (C=O) groups excluding carboxylic acids is 3. The standard InChI is InChI=1S/C20H27N3O4/c1-13(2)14-6-8-15(9-7-14)20(3)18(25)23(19(26)22-20)12-17(24)21-11-16-5-4-10-27-16/h6-9,13,16H,4-5,10-12H2,1-3H3,(H,21,24)(H,22,26). The zero-order chi connectivity index (χ0) is 19.6. The summed E-state index contributed by atoms with van der Waals surface area (Å²) in [5.41, 5.74) is 0.693. The van der Waals surface area contributed by atoms with Gasteiger partial charge in [-0.15, -0.1) is 0 Å². The average Bonchev–Trinajstić information content (AvgIpc) is 3.23. The Morgan fingerprint density at radius 1 is 1.33 bits per heavy atom. The van der Waals surface area contributed by atoms with Crippen molar-refractivity contribution in [2.45, 2.75) is 51.2 Å². The summed E-state index contributed by atoms with van der Waals surface area (Å²) in [5.74, 6) is -0.407. The number of urea groups is 1. The first kappa shape index (κ1) is 19.4. The summed E-state index contributed by atoms with van der Waals surface area (Å²) >= 11 is 0. The predicted molar refractivity (Wildman–Crippen MR) is 100 cm³/mol. The van der Waals surface area contributed by atoms with Crippen LogP contribution in [0.15, 0.2) is 24.3 Å². The Kier molecular flexibility index (Phi) is 5.51. The Morgan fingerprint density at radius 3 is 2.63 bits per heavy atom. The molecule has 2 unspecified atom stereocenters. The molecule has 0 spiro atoms. The first-order chi connectivity index (χ1) is 12.8. The summed E-state index contributed by atoms with van der Waals surface area (Å²) in [6.07, 6.45) is 1.91. The zero-order valence-electron chi connectivity index (χ0n) is 16.1. The summed E-state index contributed by atoms with van der Waals surface area (Å²) in [5, 5.41) is 5.47. The molecule has 1 aromatic rings. The molecule has 2 N–H and O–H groups in total. The molecule has 146 valence electrons. The second-order valence-corrected chi connectivity index (χ2v) is 7.66. The number of imide groups is 1. The highest BCUT2D eigenvalue weighted by Crippen LogP contribution is 2.29. The van der Waals surface area contributed by atoms with Crippen LogP contribution in [-0.2, 0) is 19.9 Å². The van der Waals surface area contributed by atoms with Gasteiger partial charge in [0, 0.05) is 13.2 Å². The van der Waals surface area contributed by atoms with Crippen molar-refractivity contribution < 1.29 is 19.1 Å². The topological polar surface area (TPSA) is 87.7 Å². The molecule has 2 fully saturated rings. The summed E-state index contributed by atoms with van der Waals surface area (Å²) in [4.78, 5) is 38.4. The van der Waals surface area contributed by atoms with E-state index in [0.717, 1.165) is 23.3 Å². The van der Waals surface area contributed by atoms with Crippen LogP contribution in [-0.4, -0.2) is 48.5 Å². The Morgan fingerprint density at radius 2 is 2.04 bits per heavy atom. The minimum atomic E-state index is -1.17. The van der Waals surface area contributed by atoms with Crippen LogP contribution in [0, 0.1) is 0 Å². The van der Waals surface area contributed by atoms with Crippen molar-refractivity contribution in [3.8, 4) is 0 Å². The van der Waals surface area contributed by atoms with E-state index in [1.54, 1.807) is 6.92 Å². The van der Waals surface area contributed by atoms with Crippen molar-refractivity contribution in [3.05, 3.63) is 35.4 Å². The first-order valence-electron chi connectivity index (χ1n) is 9.44. The fraction of sp³-hybridized carbons (Fsp3) is 0.550. The van der Waals surface area contributed by atoms with Crippen LogP contribution in [0.5, 0.6) is 0 Å². The van der Waals surface area contributed by atoms with Gasteiger partial charge in [-0.2, -0.15) is 0 Å². The van der Waals surface area contributed by atoms with Gasteiger partial charge in [-0.05, 0) is 36.8 Å².